The minimum atomic E-state index is 0.649. The van der Waals surface area contributed by atoms with Crippen molar-refractivity contribution in [2.24, 2.45) is 0 Å². The van der Waals surface area contributed by atoms with Crippen LogP contribution in [-0.4, -0.2) is 43.5 Å². The largest absolute Gasteiger partial charge is 0.497 e. The fourth-order valence-electron chi connectivity index (χ4n) is 2.10. The molecule has 1 amide bonds. The van der Waals surface area contributed by atoms with Crippen molar-refractivity contribution in [1.82, 2.24) is 9.88 Å². The van der Waals surface area contributed by atoms with Crippen LogP contribution < -0.4 is 9.64 Å². The first-order valence-corrected chi connectivity index (χ1v) is 7.17. The number of pyridine rings is 1. The third-order valence-electron chi connectivity index (χ3n) is 3.41. The third-order valence-corrected chi connectivity index (χ3v) is 3.41. The molecule has 2 rings (SSSR count). The molecule has 1 aromatic heterocycles. The van der Waals surface area contributed by atoms with Crippen molar-refractivity contribution < 1.29 is 9.53 Å². The first kappa shape index (κ1) is 15.8. The predicted molar refractivity (Wildman–Crippen MR) is 87.0 cm³/mol. The summed E-state index contributed by atoms with van der Waals surface area (Å²) >= 11 is 0. The minimum Gasteiger partial charge on any atom is -0.497 e. The van der Waals surface area contributed by atoms with Gasteiger partial charge in [0.1, 0.15) is 11.6 Å². The Labute approximate surface area is 131 Å². The summed E-state index contributed by atoms with van der Waals surface area (Å²) in [6.45, 7) is 2.10. The van der Waals surface area contributed by atoms with Crippen LogP contribution in [0.3, 0.4) is 0 Å². The average molecular weight is 299 g/mol. The lowest BCUT2D eigenvalue weighted by molar-refractivity contribution is -0.116. The summed E-state index contributed by atoms with van der Waals surface area (Å²) in [5, 5.41) is 0. The lowest BCUT2D eigenvalue weighted by Crippen LogP contribution is -2.32. The van der Waals surface area contributed by atoms with Crippen molar-refractivity contribution >= 4 is 12.2 Å². The van der Waals surface area contributed by atoms with Crippen molar-refractivity contribution in [3.05, 3.63) is 54.2 Å². The van der Waals surface area contributed by atoms with Crippen molar-refractivity contribution in [2.45, 2.75) is 6.54 Å². The summed E-state index contributed by atoms with van der Waals surface area (Å²) in [4.78, 5) is 19.0. The Kier molecular flexibility index (Phi) is 5.77. The van der Waals surface area contributed by atoms with E-state index < -0.39 is 0 Å². The number of benzene rings is 1. The van der Waals surface area contributed by atoms with E-state index in [1.54, 1.807) is 25.3 Å². The molecule has 0 bridgehead atoms. The first-order valence-electron chi connectivity index (χ1n) is 7.17. The molecule has 1 heterocycles. The van der Waals surface area contributed by atoms with Gasteiger partial charge in [0.05, 0.1) is 7.11 Å². The molecule has 0 radical (unpaired) electrons. The number of carbonyl (C=O) groups excluding carboxylic acids is 1. The second kappa shape index (κ2) is 8.02. The van der Waals surface area contributed by atoms with Gasteiger partial charge in [-0.05, 0) is 29.8 Å². The number of amides is 1. The van der Waals surface area contributed by atoms with Gasteiger partial charge in [0.2, 0.25) is 6.41 Å². The van der Waals surface area contributed by atoms with E-state index in [9.17, 15) is 4.79 Å². The molecule has 2 aromatic rings. The second-order valence-corrected chi connectivity index (χ2v) is 5.04. The zero-order valence-corrected chi connectivity index (χ0v) is 13.0. The molecular weight excluding hydrogens is 278 g/mol. The number of rotatable bonds is 8. The van der Waals surface area contributed by atoms with Crippen LogP contribution in [0.5, 0.6) is 5.75 Å². The zero-order valence-electron chi connectivity index (χ0n) is 13.0. The Morgan fingerprint density at radius 2 is 1.91 bits per heavy atom. The van der Waals surface area contributed by atoms with E-state index in [2.05, 4.69) is 9.88 Å². The van der Waals surface area contributed by atoms with Crippen LogP contribution in [0.2, 0.25) is 0 Å². The molecule has 0 saturated heterocycles. The van der Waals surface area contributed by atoms with Gasteiger partial charge in [-0.15, -0.1) is 0 Å². The molecule has 0 aliphatic carbocycles. The van der Waals surface area contributed by atoms with E-state index in [1.165, 1.54) is 5.56 Å². The van der Waals surface area contributed by atoms with Gasteiger partial charge in [0, 0.05) is 32.9 Å². The topological polar surface area (TPSA) is 45.7 Å². The van der Waals surface area contributed by atoms with Crippen LogP contribution in [0.4, 0.5) is 5.82 Å². The Balaban J connectivity index is 2.10. The number of nitrogens with zero attached hydrogens (tertiary/aromatic N) is 3. The monoisotopic (exact) mass is 299 g/mol. The Morgan fingerprint density at radius 1 is 1.14 bits per heavy atom. The molecule has 22 heavy (non-hydrogen) atoms. The van der Waals surface area contributed by atoms with E-state index in [0.29, 0.717) is 6.54 Å². The molecule has 116 valence electrons. The molecule has 0 saturated carbocycles. The Bertz CT molecular complexity index is 572. The third kappa shape index (κ3) is 4.48. The van der Waals surface area contributed by atoms with E-state index in [4.69, 9.17) is 4.74 Å². The number of anilines is 1. The molecule has 5 heteroatoms. The van der Waals surface area contributed by atoms with Gasteiger partial charge in [-0.25, -0.2) is 4.98 Å². The van der Waals surface area contributed by atoms with Gasteiger partial charge in [-0.2, -0.15) is 0 Å². The normalized spacial score (nSPS) is 10.1. The minimum absolute atomic E-state index is 0.649. The SMILES string of the molecule is COc1ccc(CN(CCN(C)C=O)c2ccccn2)cc1. The molecule has 0 unspecified atom stereocenters. The van der Waals surface area contributed by atoms with Gasteiger partial charge in [0.25, 0.3) is 0 Å². The molecule has 0 fully saturated rings. The van der Waals surface area contributed by atoms with Gasteiger partial charge in [-0.1, -0.05) is 18.2 Å². The van der Waals surface area contributed by atoms with Gasteiger partial charge in [0.15, 0.2) is 0 Å². The lowest BCUT2D eigenvalue weighted by atomic mass is 10.2. The fraction of sp³-hybridized carbons (Fsp3) is 0.294. The predicted octanol–water partition coefficient (Wildman–Crippen LogP) is 2.19. The quantitative estimate of drug-likeness (QED) is 0.701. The van der Waals surface area contributed by atoms with E-state index >= 15 is 0 Å². The number of hydrogen-bond acceptors (Lipinski definition) is 4. The van der Waals surface area contributed by atoms with E-state index in [0.717, 1.165) is 31.1 Å². The summed E-state index contributed by atoms with van der Waals surface area (Å²) in [5.41, 5.74) is 1.17. The molecule has 1 aromatic carbocycles. The molecule has 0 N–H and O–H groups in total. The number of ether oxygens (including phenoxy) is 1. The molecule has 0 spiro atoms. The maximum atomic E-state index is 10.8. The number of aromatic nitrogens is 1. The van der Waals surface area contributed by atoms with Gasteiger partial charge in [-0.3, -0.25) is 4.79 Å². The van der Waals surface area contributed by atoms with E-state index in [1.807, 2.05) is 42.5 Å². The van der Waals surface area contributed by atoms with Crippen molar-refractivity contribution in [1.29, 1.82) is 0 Å². The van der Waals surface area contributed by atoms with Crippen LogP contribution in [0.1, 0.15) is 5.56 Å². The highest BCUT2D eigenvalue weighted by Gasteiger charge is 2.09. The van der Waals surface area contributed by atoms with E-state index in [-0.39, 0.29) is 0 Å². The number of methoxy groups -OCH3 is 1. The molecule has 0 atom stereocenters. The molecule has 0 aliphatic rings. The highest BCUT2D eigenvalue weighted by atomic mass is 16.5. The summed E-state index contributed by atoms with van der Waals surface area (Å²) in [6.07, 6.45) is 2.61. The maximum absolute atomic E-state index is 10.8. The van der Waals surface area contributed by atoms with Crippen molar-refractivity contribution in [3.8, 4) is 5.75 Å². The van der Waals surface area contributed by atoms with Crippen LogP contribution in [0.25, 0.3) is 0 Å². The number of carbonyl (C=O) groups is 1. The maximum Gasteiger partial charge on any atom is 0.209 e. The average Bonchev–Trinajstić information content (AvgIpc) is 2.59. The number of likely N-dealkylation sites (N-methyl/N-ethyl adjacent to an activating group) is 1. The standard InChI is InChI=1S/C17H21N3O2/c1-19(14-21)11-12-20(17-5-3-4-10-18-17)13-15-6-8-16(22-2)9-7-15/h3-10,14H,11-13H2,1-2H3. The summed E-state index contributed by atoms with van der Waals surface area (Å²) in [5.74, 6) is 1.74. The van der Waals surface area contributed by atoms with Crippen molar-refractivity contribution in [2.75, 3.05) is 32.1 Å². The molecule has 5 nitrogen and oxygen atoms in total. The number of hydrogen-bond donors (Lipinski definition) is 0. The zero-order chi connectivity index (χ0) is 15.8. The van der Waals surface area contributed by atoms with Crippen molar-refractivity contribution in [3.63, 3.8) is 0 Å². The highest BCUT2D eigenvalue weighted by Crippen LogP contribution is 2.16. The van der Waals surface area contributed by atoms with Gasteiger partial charge < -0.3 is 14.5 Å². The fourth-order valence-corrected chi connectivity index (χ4v) is 2.10. The van der Waals surface area contributed by atoms with Crippen LogP contribution in [-0.2, 0) is 11.3 Å². The van der Waals surface area contributed by atoms with Gasteiger partial charge >= 0.3 is 0 Å². The van der Waals surface area contributed by atoms with Crippen LogP contribution >= 0.6 is 0 Å². The highest BCUT2D eigenvalue weighted by molar-refractivity contribution is 5.47. The summed E-state index contributed by atoms with van der Waals surface area (Å²) in [7, 11) is 3.43. The Morgan fingerprint density at radius 3 is 2.50 bits per heavy atom. The summed E-state index contributed by atoms with van der Waals surface area (Å²) < 4.78 is 5.18. The van der Waals surface area contributed by atoms with Crippen LogP contribution in [0.15, 0.2) is 48.7 Å². The second-order valence-electron chi connectivity index (χ2n) is 5.04. The smallest absolute Gasteiger partial charge is 0.209 e. The first-order chi connectivity index (χ1) is 10.7. The van der Waals surface area contributed by atoms with Crippen LogP contribution in [0, 0.1) is 0 Å². The molecular formula is C17H21N3O2. The lowest BCUT2D eigenvalue weighted by Gasteiger charge is -2.25. The Hall–Kier alpha value is -2.56. The summed E-state index contributed by atoms with van der Waals surface area (Å²) in [6, 6.07) is 13.8. The molecule has 0 aliphatic heterocycles.